The van der Waals surface area contributed by atoms with E-state index in [1.807, 2.05) is 30.3 Å². The minimum atomic E-state index is -0.146. The van der Waals surface area contributed by atoms with Crippen LogP contribution >= 0.6 is 0 Å². The number of nitrogens with zero attached hydrogens (tertiary/aromatic N) is 2. The summed E-state index contributed by atoms with van der Waals surface area (Å²) >= 11 is 0. The zero-order chi connectivity index (χ0) is 14.4. The topological polar surface area (TPSA) is 53.3 Å². The van der Waals surface area contributed by atoms with Crippen molar-refractivity contribution in [3.8, 4) is 6.07 Å². The Bertz CT molecular complexity index is 481. The maximum absolute atomic E-state index is 11.6. The van der Waals surface area contributed by atoms with Crippen LogP contribution in [0.25, 0.3) is 0 Å². The number of nitriles is 1. The Morgan fingerprint density at radius 3 is 2.90 bits per heavy atom. The van der Waals surface area contributed by atoms with Crippen LogP contribution in [0.3, 0.4) is 0 Å². The molecule has 2 rings (SSSR count). The molecule has 1 aliphatic heterocycles. The summed E-state index contributed by atoms with van der Waals surface area (Å²) in [4.78, 5) is 13.8. The quantitative estimate of drug-likeness (QED) is 0.788. The number of hydrogen-bond acceptors (Lipinski definition) is 4. The SMILES string of the molecule is COC(=O)[C@H]1CCCN(CC(C#N)c2ccccc2)C1. The van der Waals surface area contributed by atoms with Gasteiger partial charge in [-0.05, 0) is 24.9 Å². The molecule has 0 aliphatic carbocycles. The molecule has 0 aromatic heterocycles. The van der Waals surface area contributed by atoms with E-state index in [-0.39, 0.29) is 17.8 Å². The summed E-state index contributed by atoms with van der Waals surface area (Å²) in [6, 6.07) is 12.2. The monoisotopic (exact) mass is 272 g/mol. The molecule has 4 nitrogen and oxygen atoms in total. The van der Waals surface area contributed by atoms with Gasteiger partial charge in [-0.1, -0.05) is 30.3 Å². The van der Waals surface area contributed by atoms with Gasteiger partial charge in [-0.25, -0.2) is 0 Å². The fraction of sp³-hybridized carbons (Fsp3) is 0.500. The molecule has 106 valence electrons. The van der Waals surface area contributed by atoms with Crippen molar-refractivity contribution in [3.63, 3.8) is 0 Å². The van der Waals surface area contributed by atoms with Crippen LogP contribution in [0.1, 0.15) is 24.3 Å². The van der Waals surface area contributed by atoms with Crippen molar-refractivity contribution >= 4 is 5.97 Å². The van der Waals surface area contributed by atoms with Gasteiger partial charge in [-0.2, -0.15) is 5.26 Å². The second-order valence-electron chi connectivity index (χ2n) is 5.21. The van der Waals surface area contributed by atoms with Gasteiger partial charge >= 0.3 is 5.97 Å². The van der Waals surface area contributed by atoms with Crippen LogP contribution < -0.4 is 0 Å². The molecular formula is C16H20N2O2. The third-order valence-electron chi connectivity index (χ3n) is 3.84. The van der Waals surface area contributed by atoms with Crippen molar-refractivity contribution < 1.29 is 9.53 Å². The first-order valence-corrected chi connectivity index (χ1v) is 6.99. The molecule has 2 atom stereocenters. The Hall–Kier alpha value is -1.86. The smallest absolute Gasteiger partial charge is 0.309 e. The zero-order valence-electron chi connectivity index (χ0n) is 11.8. The molecule has 1 aromatic rings. The van der Waals surface area contributed by atoms with E-state index < -0.39 is 0 Å². The number of carbonyl (C=O) groups is 1. The maximum Gasteiger partial charge on any atom is 0.309 e. The van der Waals surface area contributed by atoms with Crippen LogP contribution in [0.5, 0.6) is 0 Å². The highest BCUT2D eigenvalue weighted by atomic mass is 16.5. The highest BCUT2D eigenvalue weighted by Gasteiger charge is 2.27. The van der Waals surface area contributed by atoms with Crippen molar-refractivity contribution in [3.05, 3.63) is 35.9 Å². The second kappa shape index (κ2) is 7.06. The Morgan fingerprint density at radius 2 is 2.25 bits per heavy atom. The van der Waals surface area contributed by atoms with E-state index in [1.165, 1.54) is 7.11 Å². The van der Waals surface area contributed by atoms with Crippen LogP contribution in [0, 0.1) is 17.2 Å². The fourth-order valence-electron chi connectivity index (χ4n) is 2.74. The van der Waals surface area contributed by atoms with Crippen molar-refractivity contribution in [2.45, 2.75) is 18.8 Å². The highest BCUT2D eigenvalue weighted by Crippen LogP contribution is 2.22. The standard InChI is InChI=1S/C16H20N2O2/c1-20-16(19)14-8-5-9-18(11-14)12-15(10-17)13-6-3-2-4-7-13/h2-4,6-7,14-15H,5,8-9,11-12H2,1H3/t14-,15?/m0/s1. The maximum atomic E-state index is 11.6. The lowest BCUT2D eigenvalue weighted by atomic mass is 9.95. The summed E-state index contributed by atoms with van der Waals surface area (Å²) in [5.41, 5.74) is 1.04. The molecule has 1 saturated heterocycles. The summed E-state index contributed by atoms with van der Waals surface area (Å²) in [5.74, 6) is -0.334. The summed E-state index contributed by atoms with van der Waals surface area (Å²) < 4.78 is 4.82. The van der Waals surface area contributed by atoms with Gasteiger partial charge in [0, 0.05) is 13.1 Å². The number of carbonyl (C=O) groups excluding carboxylic acids is 1. The van der Waals surface area contributed by atoms with Crippen molar-refractivity contribution in [1.29, 1.82) is 5.26 Å². The Morgan fingerprint density at radius 1 is 1.50 bits per heavy atom. The molecule has 0 amide bonds. The molecule has 1 heterocycles. The van der Waals surface area contributed by atoms with Gasteiger partial charge in [0.2, 0.25) is 0 Å². The van der Waals surface area contributed by atoms with Gasteiger partial charge in [0.05, 0.1) is 25.0 Å². The number of methoxy groups -OCH3 is 1. The van der Waals surface area contributed by atoms with Gasteiger partial charge in [0.15, 0.2) is 0 Å². The number of rotatable bonds is 4. The zero-order valence-corrected chi connectivity index (χ0v) is 11.8. The summed E-state index contributed by atoms with van der Waals surface area (Å²) in [6.07, 6.45) is 1.86. The second-order valence-corrected chi connectivity index (χ2v) is 5.21. The first-order chi connectivity index (χ1) is 9.74. The molecule has 0 saturated carbocycles. The van der Waals surface area contributed by atoms with E-state index in [0.717, 1.165) is 24.9 Å². The van der Waals surface area contributed by atoms with Crippen LogP contribution in [0.4, 0.5) is 0 Å². The predicted molar refractivity (Wildman–Crippen MR) is 76.0 cm³/mol. The Labute approximate surface area is 120 Å². The number of piperidine rings is 1. The largest absolute Gasteiger partial charge is 0.469 e. The van der Waals surface area contributed by atoms with E-state index >= 15 is 0 Å². The van der Waals surface area contributed by atoms with Crippen molar-refractivity contribution in [1.82, 2.24) is 4.90 Å². The number of benzene rings is 1. The van der Waals surface area contributed by atoms with E-state index in [4.69, 9.17) is 4.74 Å². The van der Waals surface area contributed by atoms with E-state index in [2.05, 4.69) is 11.0 Å². The first-order valence-electron chi connectivity index (χ1n) is 6.99. The van der Waals surface area contributed by atoms with Crippen molar-refractivity contribution in [2.24, 2.45) is 5.92 Å². The summed E-state index contributed by atoms with van der Waals surface area (Å²) in [6.45, 7) is 2.31. The molecular weight excluding hydrogens is 252 g/mol. The molecule has 0 bridgehead atoms. The molecule has 4 heteroatoms. The Kier molecular flexibility index (Phi) is 5.14. The van der Waals surface area contributed by atoms with Gasteiger partial charge in [0.25, 0.3) is 0 Å². The lowest BCUT2D eigenvalue weighted by Gasteiger charge is -2.32. The summed E-state index contributed by atoms with van der Waals surface area (Å²) in [5, 5.41) is 9.36. The molecule has 0 radical (unpaired) electrons. The molecule has 1 aromatic carbocycles. The number of likely N-dealkylation sites (tertiary alicyclic amines) is 1. The van der Waals surface area contributed by atoms with Gasteiger partial charge in [-0.15, -0.1) is 0 Å². The molecule has 20 heavy (non-hydrogen) atoms. The third-order valence-corrected chi connectivity index (χ3v) is 3.84. The highest BCUT2D eigenvalue weighted by molar-refractivity contribution is 5.72. The molecule has 0 spiro atoms. The van der Waals surface area contributed by atoms with E-state index in [1.54, 1.807) is 0 Å². The van der Waals surface area contributed by atoms with Crippen molar-refractivity contribution in [2.75, 3.05) is 26.7 Å². The van der Waals surface area contributed by atoms with Crippen LogP contribution in [-0.4, -0.2) is 37.6 Å². The number of hydrogen-bond donors (Lipinski definition) is 0. The van der Waals surface area contributed by atoms with Gasteiger partial charge in [-0.3, -0.25) is 4.79 Å². The average Bonchev–Trinajstić information content (AvgIpc) is 2.53. The lowest BCUT2D eigenvalue weighted by Crippen LogP contribution is -2.40. The molecule has 1 unspecified atom stereocenters. The van der Waals surface area contributed by atoms with Gasteiger partial charge < -0.3 is 9.64 Å². The molecule has 0 N–H and O–H groups in total. The fourth-order valence-corrected chi connectivity index (χ4v) is 2.74. The van der Waals surface area contributed by atoms with E-state index in [0.29, 0.717) is 13.1 Å². The minimum Gasteiger partial charge on any atom is -0.469 e. The van der Waals surface area contributed by atoms with Crippen LogP contribution in [0.2, 0.25) is 0 Å². The third kappa shape index (κ3) is 3.58. The molecule has 1 aliphatic rings. The normalized spacial score (nSPS) is 20.9. The Balaban J connectivity index is 1.98. The van der Waals surface area contributed by atoms with Gasteiger partial charge in [0.1, 0.15) is 0 Å². The number of ether oxygens (including phenoxy) is 1. The number of esters is 1. The summed E-state index contributed by atoms with van der Waals surface area (Å²) in [7, 11) is 1.43. The predicted octanol–water partition coefficient (Wildman–Crippen LogP) is 2.18. The lowest BCUT2D eigenvalue weighted by molar-refractivity contribution is -0.147. The molecule has 1 fully saturated rings. The average molecular weight is 272 g/mol. The first kappa shape index (κ1) is 14.5. The van der Waals surface area contributed by atoms with Crippen LogP contribution in [0.15, 0.2) is 30.3 Å². The van der Waals surface area contributed by atoms with E-state index in [9.17, 15) is 10.1 Å². The minimum absolute atomic E-state index is 0.0520. The van der Waals surface area contributed by atoms with Crippen LogP contribution in [-0.2, 0) is 9.53 Å².